The van der Waals surface area contributed by atoms with Crippen molar-refractivity contribution in [2.45, 2.75) is 44.0 Å². The van der Waals surface area contributed by atoms with Gasteiger partial charge in [0.15, 0.2) is 0 Å². The normalized spacial score (nSPS) is 14.8. The third-order valence-corrected chi connectivity index (χ3v) is 7.13. The third-order valence-electron chi connectivity index (χ3n) is 6.39. The fourth-order valence-corrected chi connectivity index (χ4v) is 4.66. The van der Waals surface area contributed by atoms with Gasteiger partial charge in [0.1, 0.15) is 0 Å². The zero-order valence-corrected chi connectivity index (χ0v) is 21.6. The third kappa shape index (κ3) is 7.49. The molecule has 188 valence electrons. The largest absolute Gasteiger partial charge is 0.466 e. The summed E-state index contributed by atoms with van der Waals surface area (Å²) in [7, 11) is 0. The first kappa shape index (κ1) is 26.6. The van der Waals surface area contributed by atoms with Gasteiger partial charge < -0.3 is 19.9 Å². The minimum absolute atomic E-state index is 0.00491. The topological polar surface area (TPSA) is 79.0 Å². The molecule has 8 heteroatoms. The van der Waals surface area contributed by atoms with Crippen LogP contribution in [-0.4, -0.2) is 60.2 Å². The molecule has 0 bridgehead atoms. The maximum atomic E-state index is 13.3. The Bertz CT molecular complexity index is 976. The molecule has 35 heavy (non-hydrogen) atoms. The van der Waals surface area contributed by atoms with Gasteiger partial charge in [-0.2, -0.15) is 0 Å². The number of hydrogen-bond donors (Lipinski definition) is 1. The van der Waals surface area contributed by atoms with Crippen molar-refractivity contribution in [3.8, 4) is 0 Å². The molecule has 0 radical (unpaired) electrons. The molecule has 1 aliphatic rings. The second-order valence-corrected chi connectivity index (χ2v) is 9.48. The van der Waals surface area contributed by atoms with Crippen LogP contribution in [0.2, 0.25) is 0 Å². The van der Waals surface area contributed by atoms with E-state index in [1.165, 1.54) is 0 Å². The number of carbonyl (C=O) groups excluding carboxylic acids is 3. The van der Waals surface area contributed by atoms with Crippen LogP contribution in [0.25, 0.3) is 0 Å². The summed E-state index contributed by atoms with van der Waals surface area (Å²) in [5, 5.41) is 2.98. The molecule has 2 aromatic rings. The van der Waals surface area contributed by atoms with Crippen LogP contribution >= 0.6 is 11.8 Å². The molecule has 3 rings (SSSR count). The van der Waals surface area contributed by atoms with Crippen molar-refractivity contribution in [1.29, 1.82) is 0 Å². The summed E-state index contributed by atoms with van der Waals surface area (Å²) in [6.45, 7) is 5.50. The molecule has 2 aromatic carbocycles. The number of carbonyl (C=O) groups is 3. The predicted octanol–water partition coefficient (Wildman–Crippen LogP) is 5.20. The van der Waals surface area contributed by atoms with Crippen molar-refractivity contribution in [1.82, 2.24) is 9.80 Å². The van der Waals surface area contributed by atoms with E-state index in [9.17, 15) is 14.4 Å². The number of nitrogens with one attached hydrogen (secondary N) is 1. The van der Waals surface area contributed by atoms with Gasteiger partial charge in [-0.1, -0.05) is 30.3 Å². The predicted molar refractivity (Wildman–Crippen MR) is 139 cm³/mol. The zero-order chi connectivity index (χ0) is 25.2. The lowest BCUT2D eigenvalue weighted by atomic mass is 9.97. The van der Waals surface area contributed by atoms with Gasteiger partial charge in [0.2, 0.25) is 5.91 Å². The van der Waals surface area contributed by atoms with E-state index >= 15 is 0 Å². The number of benzene rings is 2. The van der Waals surface area contributed by atoms with Gasteiger partial charge in [-0.3, -0.25) is 9.59 Å². The number of hydrogen-bond acceptors (Lipinski definition) is 5. The van der Waals surface area contributed by atoms with Crippen molar-refractivity contribution in [2.75, 3.05) is 37.8 Å². The standard InChI is InChI=1S/C27H35N3O4S/c1-4-34-26(32)22-14-17-29(18-15-22)25(31)16-19-30(20(2)21-8-6-5-7-9-21)27(33)28-23-10-12-24(35-3)13-11-23/h5-13,20,22H,4,14-19H2,1-3H3,(H,28,33). The first-order valence-electron chi connectivity index (χ1n) is 12.1. The highest BCUT2D eigenvalue weighted by atomic mass is 32.2. The quantitative estimate of drug-likeness (QED) is 0.381. The van der Waals surface area contributed by atoms with Gasteiger partial charge in [0, 0.05) is 36.6 Å². The molecular weight excluding hydrogens is 462 g/mol. The number of thioether (sulfide) groups is 1. The minimum Gasteiger partial charge on any atom is -0.466 e. The van der Waals surface area contributed by atoms with Crippen molar-refractivity contribution >= 4 is 35.4 Å². The number of esters is 1. The fourth-order valence-electron chi connectivity index (χ4n) is 4.25. The van der Waals surface area contributed by atoms with Crippen molar-refractivity contribution in [3.05, 3.63) is 60.2 Å². The first-order valence-corrected chi connectivity index (χ1v) is 13.4. The van der Waals surface area contributed by atoms with E-state index < -0.39 is 0 Å². The Morgan fingerprint density at radius 3 is 2.34 bits per heavy atom. The van der Waals surface area contributed by atoms with Gasteiger partial charge in [0.05, 0.1) is 18.6 Å². The lowest BCUT2D eigenvalue weighted by Gasteiger charge is -2.33. The number of likely N-dealkylation sites (tertiary alicyclic amines) is 1. The molecule has 3 amide bonds. The van der Waals surface area contributed by atoms with Crippen LogP contribution in [0.5, 0.6) is 0 Å². The second-order valence-electron chi connectivity index (χ2n) is 8.60. The number of anilines is 1. The maximum Gasteiger partial charge on any atom is 0.322 e. The summed E-state index contributed by atoms with van der Waals surface area (Å²) in [5.74, 6) is -0.323. The highest BCUT2D eigenvalue weighted by Crippen LogP contribution is 2.24. The molecular formula is C27H35N3O4S. The zero-order valence-electron chi connectivity index (χ0n) is 20.7. The van der Waals surface area contributed by atoms with Crippen molar-refractivity contribution < 1.29 is 19.1 Å². The Hall–Kier alpha value is -3.00. The average molecular weight is 498 g/mol. The van der Waals surface area contributed by atoms with Crippen molar-refractivity contribution in [3.63, 3.8) is 0 Å². The van der Waals surface area contributed by atoms with Crippen LogP contribution in [0, 0.1) is 5.92 Å². The smallest absolute Gasteiger partial charge is 0.322 e. The number of amides is 3. The Balaban J connectivity index is 1.63. The van der Waals surface area contributed by atoms with Gasteiger partial charge in [-0.15, -0.1) is 11.8 Å². The summed E-state index contributed by atoms with van der Waals surface area (Å²) in [5.41, 5.74) is 1.72. The molecule has 1 fully saturated rings. The van der Waals surface area contributed by atoms with Gasteiger partial charge >= 0.3 is 12.0 Å². The van der Waals surface area contributed by atoms with Crippen molar-refractivity contribution in [2.24, 2.45) is 5.92 Å². The average Bonchev–Trinajstić information content (AvgIpc) is 2.89. The maximum absolute atomic E-state index is 13.3. The van der Waals surface area contributed by atoms with Gasteiger partial charge in [-0.05, 0) is 62.8 Å². The minimum atomic E-state index is -0.243. The molecule has 1 atom stereocenters. The highest BCUT2D eigenvalue weighted by Gasteiger charge is 2.29. The number of ether oxygens (including phenoxy) is 1. The number of nitrogens with zero attached hydrogens (tertiary/aromatic N) is 2. The van der Waals surface area contributed by atoms with Gasteiger partial charge in [-0.25, -0.2) is 4.79 Å². The van der Waals surface area contributed by atoms with E-state index in [2.05, 4.69) is 5.32 Å². The van der Waals surface area contributed by atoms with Crippen LogP contribution in [0.1, 0.15) is 44.7 Å². The summed E-state index contributed by atoms with van der Waals surface area (Å²) < 4.78 is 5.12. The molecule has 1 aliphatic heterocycles. The summed E-state index contributed by atoms with van der Waals surface area (Å²) in [6.07, 6.45) is 3.45. The molecule has 0 aliphatic carbocycles. The molecule has 1 unspecified atom stereocenters. The number of rotatable bonds is 9. The monoisotopic (exact) mass is 497 g/mol. The van der Waals surface area contributed by atoms with Crippen LogP contribution in [0.3, 0.4) is 0 Å². The Labute approximate surface area is 212 Å². The Morgan fingerprint density at radius 1 is 1.09 bits per heavy atom. The van der Waals surface area contributed by atoms with Crippen LogP contribution < -0.4 is 5.32 Å². The second kappa shape index (κ2) is 13.2. The summed E-state index contributed by atoms with van der Waals surface area (Å²) in [4.78, 5) is 42.9. The summed E-state index contributed by atoms with van der Waals surface area (Å²) in [6, 6.07) is 17.1. The van der Waals surface area contributed by atoms with E-state index in [4.69, 9.17) is 4.74 Å². The van der Waals surface area contributed by atoms with Gasteiger partial charge in [0.25, 0.3) is 0 Å². The van der Waals surface area contributed by atoms with E-state index in [0.29, 0.717) is 44.8 Å². The molecule has 1 heterocycles. The Morgan fingerprint density at radius 2 is 1.74 bits per heavy atom. The summed E-state index contributed by atoms with van der Waals surface area (Å²) >= 11 is 1.64. The van der Waals surface area contributed by atoms with E-state index in [0.717, 1.165) is 10.5 Å². The van der Waals surface area contributed by atoms with Crippen LogP contribution in [0.15, 0.2) is 59.5 Å². The van der Waals surface area contributed by atoms with Crippen LogP contribution in [-0.2, 0) is 14.3 Å². The fraction of sp³-hybridized carbons (Fsp3) is 0.444. The molecule has 1 N–H and O–H groups in total. The molecule has 0 saturated carbocycles. The van der Waals surface area contributed by atoms with Crippen LogP contribution in [0.4, 0.5) is 10.5 Å². The lowest BCUT2D eigenvalue weighted by molar-refractivity contribution is -0.151. The molecule has 0 aromatic heterocycles. The van der Waals surface area contributed by atoms with E-state index in [1.807, 2.05) is 67.8 Å². The van der Waals surface area contributed by atoms with E-state index in [1.54, 1.807) is 28.5 Å². The number of urea groups is 1. The first-order chi connectivity index (χ1) is 16.9. The highest BCUT2D eigenvalue weighted by molar-refractivity contribution is 7.98. The van der Waals surface area contributed by atoms with E-state index in [-0.39, 0.29) is 36.3 Å². The molecule has 1 saturated heterocycles. The lowest BCUT2D eigenvalue weighted by Crippen LogP contribution is -2.43. The number of piperidine rings is 1. The molecule has 7 nitrogen and oxygen atoms in total. The molecule has 0 spiro atoms. The SMILES string of the molecule is CCOC(=O)C1CCN(C(=O)CCN(C(=O)Nc2ccc(SC)cc2)C(C)c2ccccc2)CC1. The Kier molecular flexibility index (Phi) is 10.0.